The lowest BCUT2D eigenvalue weighted by molar-refractivity contribution is 0.312. The zero-order chi connectivity index (χ0) is 10.2. The average molecular weight is 252 g/mol. The Labute approximate surface area is 99.6 Å². The smallest absolute Gasteiger partial charge is 0.0351 e. The largest absolute Gasteiger partial charge is 0.301 e. The molecule has 14 heavy (non-hydrogen) atoms. The van der Waals surface area contributed by atoms with Gasteiger partial charge in [0.25, 0.3) is 0 Å². The molecule has 0 N–H and O–H groups in total. The van der Waals surface area contributed by atoms with Crippen molar-refractivity contribution in [2.75, 3.05) is 31.4 Å². The van der Waals surface area contributed by atoms with Gasteiger partial charge in [-0.15, -0.1) is 34.5 Å². The van der Waals surface area contributed by atoms with E-state index in [0.29, 0.717) is 11.8 Å². The molecule has 0 aliphatic carbocycles. The van der Waals surface area contributed by atoms with Gasteiger partial charge in [-0.3, -0.25) is 0 Å². The molecule has 80 valence electrons. The Balaban J connectivity index is 2.25. The highest BCUT2D eigenvalue weighted by atomic mass is 35.5. The third-order valence-corrected chi connectivity index (χ3v) is 3.33. The third-order valence-electron chi connectivity index (χ3n) is 2.06. The van der Waals surface area contributed by atoms with Crippen LogP contribution in [0.3, 0.4) is 0 Å². The van der Waals surface area contributed by atoms with Crippen LogP contribution in [0.15, 0.2) is 17.5 Å². The molecule has 1 nitrogen and oxygen atoms in total. The van der Waals surface area contributed by atoms with Crippen LogP contribution in [0.1, 0.15) is 4.88 Å². The van der Waals surface area contributed by atoms with E-state index in [9.17, 15) is 0 Å². The van der Waals surface area contributed by atoms with Gasteiger partial charge in [-0.1, -0.05) is 6.07 Å². The van der Waals surface area contributed by atoms with Crippen LogP contribution in [-0.4, -0.2) is 36.3 Å². The zero-order valence-corrected chi connectivity index (χ0v) is 10.4. The first kappa shape index (κ1) is 12.3. The van der Waals surface area contributed by atoms with Gasteiger partial charge in [0, 0.05) is 36.3 Å². The Morgan fingerprint density at radius 2 is 1.86 bits per heavy atom. The highest BCUT2D eigenvalue weighted by Gasteiger charge is 2.03. The molecule has 0 aliphatic heterocycles. The van der Waals surface area contributed by atoms with Crippen LogP contribution in [0.2, 0.25) is 0 Å². The summed E-state index contributed by atoms with van der Waals surface area (Å²) < 4.78 is 0. The summed E-state index contributed by atoms with van der Waals surface area (Å²) in [6, 6.07) is 4.26. The fourth-order valence-corrected chi connectivity index (χ4v) is 2.47. The average Bonchev–Trinajstić information content (AvgIpc) is 2.67. The van der Waals surface area contributed by atoms with E-state index in [4.69, 9.17) is 23.2 Å². The van der Waals surface area contributed by atoms with Crippen LogP contribution in [0.4, 0.5) is 0 Å². The van der Waals surface area contributed by atoms with E-state index >= 15 is 0 Å². The standard InChI is InChI=1S/C10H15Cl2NS/c11-4-7-13(8-5-12)6-3-10-2-1-9-14-10/h1-2,9H,3-8H2. The number of alkyl halides is 2. The molecule has 1 aromatic heterocycles. The maximum Gasteiger partial charge on any atom is 0.0351 e. The molecule has 0 bridgehead atoms. The predicted octanol–water partition coefficient (Wildman–Crippen LogP) is 3.07. The van der Waals surface area contributed by atoms with Gasteiger partial charge in [-0.2, -0.15) is 0 Å². The molecule has 0 atom stereocenters. The first-order valence-electron chi connectivity index (χ1n) is 4.73. The van der Waals surface area contributed by atoms with E-state index in [0.717, 1.165) is 26.1 Å². The molecule has 0 aromatic carbocycles. The number of halogens is 2. The quantitative estimate of drug-likeness (QED) is 0.674. The van der Waals surface area contributed by atoms with Crippen LogP contribution in [0.5, 0.6) is 0 Å². The lowest BCUT2D eigenvalue weighted by atomic mass is 10.3. The first-order chi connectivity index (χ1) is 6.86. The summed E-state index contributed by atoms with van der Waals surface area (Å²) in [4.78, 5) is 3.74. The normalized spacial score (nSPS) is 11.1. The maximum absolute atomic E-state index is 5.71. The predicted molar refractivity (Wildman–Crippen MR) is 65.9 cm³/mol. The summed E-state index contributed by atoms with van der Waals surface area (Å²) >= 11 is 13.2. The van der Waals surface area contributed by atoms with Gasteiger partial charge in [0.05, 0.1) is 0 Å². The molecule has 1 aromatic rings. The first-order valence-corrected chi connectivity index (χ1v) is 6.68. The van der Waals surface area contributed by atoms with Crippen molar-refractivity contribution in [2.24, 2.45) is 0 Å². The lowest BCUT2D eigenvalue weighted by Gasteiger charge is -2.19. The summed E-state index contributed by atoms with van der Waals surface area (Å²) in [7, 11) is 0. The van der Waals surface area contributed by atoms with Gasteiger partial charge in [0.15, 0.2) is 0 Å². The highest BCUT2D eigenvalue weighted by molar-refractivity contribution is 7.09. The molecule has 0 fully saturated rings. The van der Waals surface area contributed by atoms with Gasteiger partial charge < -0.3 is 4.90 Å². The van der Waals surface area contributed by atoms with Crippen molar-refractivity contribution in [2.45, 2.75) is 6.42 Å². The zero-order valence-electron chi connectivity index (χ0n) is 8.09. The Bertz CT molecular complexity index is 220. The van der Waals surface area contributed by atoms with E-state index < -0.39 is 0 Å². The van der Waals surface area contributed by atoms with Crippen molar-refractivity contribution in [3.05, 3.63) is 22.4 Å². The minimum absolute atomic E-state index is 0.682. The molecule has 1 rings (SSSR count). The number of hydrogen-bond donors (Lipinski definition) is 0. The summed E-state index contributed by atoms with van der Waals surface area (Å²) in [6.07, 6.45) is 1.10. The molecule has 1 heterocycles. The second-order valence-electron chi connectivity index (χ2n) is 3.05. The monoisotopic (exact) mass is 251 g/mol. The number of thiophene rings is 1. The molecule has 0 spiro atoms. The van der Waals surface area contributed by atoms with Gasteiger partial charge in [-0.25, -0.2) is 0 Å². The number of hydrogen-bond acceptors (Lipinski definition) is 2. The summed E-state index contributed by atoms with van der Waals surface area (Å²) in [5.74, 6) is 1.36. The van der Waals surface area contributed by atoms with Crippen molar-refractivity contribution in [1.82, 2.24) is 4.90 Å². The molecular formula is C10H15Cl2NS. The Kier molecular flexibility index (Phi) is 6.61. The Morgan fingerprint density at radius 3 is 2.36 bits per heavy atom. The van der Waals surface area contributed by atoms with E-state index in [2.05, 4.69) is 22.4 Å². The maximum atomic E-state index is 5.71. The van der Waals surface area contributed by atoms with Crippen molar-refractivity contribution in [3.63, 3.8) is 0 Å². The SMILES string of the molecule is ClCCN(CCCl)CCc1cccs1. The van der Waals surface area contributed by atoms with Gasteiger partial charge in [0.1, 0.15) is 0 Å². The van der Waals surface area contributed by atoms with Crippen LogP contribution in [-0.2, 0) is 6.42 Å². The fraction of sp³-hybridized carbons (Fsp3) is 0.600. The topological polar surface area (TPSA) is 3.24 Å². The summed E-state index contributed by atoms with van der Waals surface area (Å²) in [5.41, 5.74) is 0. The van der Waals surface area contributed by atoms with Gasteiger partial charge in [-0.05, 0) is 17.9 Å². The third kappa shape index (κ3) is 4.65. The van der Waals surface area contributed by atoms with E-state index in [1.54, 1.807) is 0 Å². The fourth-order valence-electron chi connectivity index (χ4n) is 1.30. The van der Waals surface area contributed by atoms with Crippen LogP contribution >= 0.6 is 34.5 Å². The van der Waals surface area contributed by atoms with Gasteiger partial charge >= 0.3 is 0 Å². The second-order valence-corrected chi connectivity index (χ2v) is 4.84. The van der Waals surface area contributed by atoms with Crippen LogP contribution in [0.25, 0.3) is 0 Å². The molecular weight excluding hydrogens is 237 g/mol. The summed E-state index contributed by atoms with van der Waals surface area (Å²) in [6.45, 7) is 2.92. The number of rotatable bonds is 7. The molecule has 4 heteroatoms. The van der Waals surface area contributed by atoms with E-state index in [-0.39, 0.29) is 0 Å². The Hall–Kier alpha value is 0.240. The van der Waals surface area contributed by atoms with Crippen LogP contribution in [0, 0.1) is 0 Å². The minimum Gasteiger partial charge on any atom is -0.301 e. The van der Waals surface area contributed by atoms with Crippen molar-refractivity contribution < 1.29 is 0 Å². The summed E-state index contributed by atoms with van der Waals surface area (Å²) in [5, 5.41) is 2.11. The molecule has 0 amide bonds. The van der Waals surface area contributed by atoms with Crippen molar-refractivity contribution >= 4 is 34.5 Å². The highest BCUT2D eigenvalue weighted by Crippen LogP contribution is 2.09. The molecule has 0 aliphatic rings. The van der Waals surface area contributed by atoms with Crippen LogP contribution < -0.4 is 0 Å². The minimum atomic E-state index is 0.682. The van der Waals surface area contributed by atoms with E-state index in [1.807, 2.05) is 11.3 Å². The Morgan fingerprint density at radius 1 is 1.14 bits per heavy atom. The molecule has 0 saturated carbocycles. The second kappa shape index (κ2) is 7.52. The lowest BCUT2D eigenvalue weighted by Crippen LogP contribution is -2.29. The molecule has 0 radical (unpaired) electrons. The van der Waals surface area contributed by atoms with Gasteiger partial charge in [0.2, 0.25) is 0 Å². The molecule has 0 unspecified atom stereocenters. The number of nitrogens with zero attached hydrogens (tertiary/aromatic N) is 1. The molecule has 0 saturated heterocycles. The van der Waals surface area contributed by atoms with E-state index in [1.165, 1.54) is 4.88 Å². The van der Waals surface area contributed by atoms with Crippen molar-refractivity contribution in [3.8, 4) is 0 Å². The van der Waals surface area contributed by atoms with Crippen molar-refractivity contribution in [1.29, 1.82) is 0 Å².